The Labute approximate surface area is 109 Å². The molecule has 2 bridgehead atoms. The van der Waals surface area contributed by atoms with Crippen molar-refractivity contribution in [3.8, 4) is 0 Å². The van der Waals surface area contributed by atoms with Gasteiger partial charge in [-0.25, -0.2) is 13.2 Å². The minimum Gasteiger partial charge on any atom is -0.385 e. The Kier molecular flexibility index (Phi) is 2.87. The van der Waals surface area contributed by atoms with Crippen molar-refractivity contribution in [2.24, 2.45) is 0 Å². The fourth-order valence-corrected chi connectivity index (χ4v) is 3.51. The molecule has 0 aromatic heterocycles. The molecule has 5 heteroatoms. The molecule has 1 aromatic carbocycles. The Morgan fingerprint density at radius 2 is 1.58 bits per heavy atom. The number of benzene rings is 1. The van der Waals surface area contributed by atoms with Gasteiger partial charge in [0.2, 0.25) is 0 Å². The normalized spacial score (nSPS) is 34.8. The van der Waals surface area contributed by atoms with Crippen LogP contribution in [0.2, 0.25) is 0 Å². The van der Waals surface area contributed by atoms with Gasteiger partial charge in [0.15, 0.2) is 17.5 Å². The summed E-state index contributed by atoms with van der Waals surface area (Å²) in [7, 11) is 2.01. The summed E-state index contributed by atoms with van der Waals surface area (Å²) in [4.78, 5) is 2.21. The van der Waals surface area contributed by atoms with E-state index in [1.165, 1.54) is 0 Å². The molecule has 2 fully saturated rings. The van der Waals surface area contributed by atoms with Gasteiger partial charge in [-0.1, -0.05) is 0 Å². The SMILES string of the molecule is CN1C2CCC1CC(O)(c1cc(F)c(F)c(F)c1)C2. The molecule has 2 atom stereocenters. The molecule has 0 saturated carbocycles. The van der Waals surface area contributed by atoms with Gasteiger partial charge in [0.05, 0.1) is 5.60 Å². The van der Waals surface area contributed by atoms with E-state index in [4.69, 9.17) is 0 Å². The van der Waals surface area contributed by atoms with Crippen LogP contribution < -0.4 is 0 Å². The van der Waals surface area contributed by atoms with Gasteiger partial charge in [-0.3, -0.25) is 0 Å². The number of piperidine rings is 1. The zero-order chi connectivity index (χ0) is 13.8. The third-order valence-electron chi connectivity index (χ3n) is 4.65. The maximum Gasteiger partial charge on any atom is 0.194 e. The molecular weight excluding hydrogens is 255 g/mol. The van der Waals surface area contributed by atoms with Crippen LogP contribution in [-0.4, -0.2) is 29.1 Å². The minimum atomic E-state index is -1.48. The largest absolute Gasteiger partial charge is 0.385 e. The first kappa shape index (κ1) is 12.9. The van der Waals surface area contributed by atoms with Crippen molar-refractivity contribution in [1.29, 1.82) is 0 Å². The monoisotopic (exact) mass is 271 g/mol. The average molecular weight is 271 g/mol. The Hall–Kier alpha value is -1.07. The van der Waals surface area contributed by atoms with E-state index in [0.717, 1.165) is 25.0 Å². The topological polar surface area (TPSA) is 23.5 Å². The van der Waals surface area contributed by atoms with E-state index in [1.807, 2.05) is 7.05 Å². The molecule has 1 N–H and O–H groups in total. The molecule has 19 heavy (non-hydrogen) atoms. The summed E-state index contributed by atoms with van der Waals surface area (Å²) in [6.07, 6.45) is 2.83. The highest BCUT2D eigenvalue weighted by Gasteiger charge is 2.47. The maximum atomic E-state index is 13.3. The lowest BCUT2D eigenvalue weighted by molar-refractivity contribution is -0.0497. The standard InChI is InChI=1S/C14H16F3NO/c1-18-9-2-3-10(18)7-14(19,6-9)8-4-11(15)13(17)12(16)5-8/h4-5,9-10,19H,2-3,6-7H2,1H3. The van der Waals surface area contributed by atoms with Crippen LogP contribution in [0.5, 0.6) is 0 Å². The lowest BCUT2D eigenvalue weighted by atomic mass is 9.80. The fourth-order valence-electron chi connectivity index (χ4n) is 3.51. The van der Waals surface area contributed by atoms with Crippen LogP contribution in [0.15, 0.2) is 12.1 Å². The van der Waals surface area contributed by atoms with Gasteiger partial charge in [0.1, 0.15) is 0 Å². The third kappa shape index (κ3) is 1.96. The minimum absolute atomic E-state index is 0.147. The molecule has 0 spiro atoms. The molecule has 3 rings (SSSR count). The summed E-state index contributed by atoms with van der Waals surface area (Å²) in [5, 5.41) is 10.7. The molecule has 2 saturated heterocycles. The van der Waals surface area contributed by atoms with Gasteiger partial charge in [0, 0.05) is 12.1 Å². The number of fused-ring (bicyclic) bond motifs is 2. The number of rotatable bonds is 1. The predicted molar refractivity (Wildman–Crippen MR) is 64.0 cm³/mol. The second-order valence-electron chi connectivity index (χ2n) is 5.74. The molecule has 2 unspecified atom stereocenters. The number of hydrogen-bond donors (Lipinski definition) is 1. The molecule has 104 valence electrons. The number of nitrogens with zero attached hydrogens (tertiary/aromatic N) is 1. The highest BCUT2D eigenvalue weighted by molar-refractivity contribution is 5.27. The van der Waals surface area contributed by atoms with Crippen molar-refractivity contribution >= 4 is 0 Å². The third-order valence-corrected chi connectivity index (χ3v) is 4.65. The van der Waals surface area contributed by atoms with Crippen molar-refractivity contribution < 1.29 is 18.3 Å². The summed E-state index contributed by atoms with van der Waals surface area (Å²) < 4.78 is 39.6. The van der Waals surface area contributed by atoms with Crippen LogP contribution in [0.1, 0.15) is 31.2 Å². The summed E-state index contributed by atoms with van der Waals surface area (Å²) in [5.74, 6) is -3.97. The molecule has 2 aliphatic rings. The predicted octanol–water partition coefficient (Wildman–Crippen LogP) is 2.55. The zero-order valence-corrected chi connectivity index (χ0v) is 10.7. The van der Waals surface area contributed by atoms with E-state index in [9.17, 15) is 18.3 Å². The smallest absolute Gasteiger partial charge is 0.194 e. The quantitative estimate of drug-likeness (QED) is 0.793. The van der Waals surface area contributed by atoms with Crippen molar-refractivity contribution in [3.63, 3.8) is 0 Å². The molecule has 0 aliphatic carbocycles. The number of halogens is 3. The Morgan fingerprint density at radius 1 is 1.11 bits per heavy atom. The van der Waals surface area contributed by atoms with Gasteiger partial charge in [-0.05, 0) is 50.4 Å². The summed E-state index contributed by atoms with van der Waals surface area (Å²) in [5.41, 5.74) is -1.11. The van der Waals surface area contributed by atoms with E-state index >= 15 is 0 Å². The first-order valence-electron chi connectivity index (χ1n) is 6.50. The van der Waals surface area contributed by atoms with E-state index in [2.05, 4.69) is 4.90 Å². The van der Waals surface area contributed by atoms with Crippen molar-refractivity contribution in [2.75, 3.05) is 7.05 Å². The Morgan fingerprint density at radius 3 is 2.05 bits per heavy atom. The molecule has 1 aromatic rings. The van der Waals surface area contributed by atoms with Crippen LogP contribution in [0.3, 0.4) is 0 Å². The number of aliphatic hydroxyl groups is 1. The van der Waals surface area contributed by atoms with E-state index in [0.29, 0.717) is 12.8 Å². The van der Waals surface area contributed by atoms with Crippen LogP contribution in [0, 0.1) is 17.5 Å². The maximum absolute atomic E-state index is 13.3. The summed E-state index contributed by atoms with van der Waals surface area (Å²) >= 11 is 0. The highest BCUT2D eigenvalue weighted by Crippen LogP contribution is 2.45. The molecule has 0 amide bonds. The Balaban J connectivity index is 1.98. The molecular formula is C14H16F3NO. The number of hydrogen-bond acceptors (Lipinski definition) is 2. The van der Waals surface area contributed by atoms with Gasteiger partial charge in [-0.15, -0.1) is 0 Å². The lowest BCUT2D eigenvalue weighted by Gasteiger charge is -2.42. The highest BCUT2D eigenvalue weighted by atomic mass is 19.2. The molecule has 0 radical (unpaired) electrons. The van der Waals surface area contributed by atoms with Crippen LogP contribution in [-0.2, 0) is 5.60 Å². The van der Waals surface area contributed by atoms with E-state index < -0.39 is 23.1 Å². The molecule has 2 nitrogen and oxygen atoms in total. The van der Waals surface area contributed by atoms with Crippen molar-refractivity contribution in [2.45, 2.75) is 43.4 Å². The zero-order valence-electron chi connectivity index (χ0n) is 10.7. The van der Waals surface area contributed by atoms with Crippen molar-refractivity contribution in [3.05, 3.63) is 35.1 Å². The van der Waals surface area contributed by atoms with E-state index in [-0.39, 0.29) is 17.6 Å². The first-order chi connectivity index (χ1) is 8.90. The summed E-state index contributed by atoms with van der Waals surface area (Å²) in [6.45, 7) is 0. The first-order valence-corrected chi connectivity index (χ1v) is 6.50. The van der Waals surface area contributed by atoms with Gasteiger partial charge in [0.25, 0.3) is 0 Å². The lowest BCUT2D eigenvalue weighted by Crippen LogP contribution is -2.47. The second kappa shape index (κ2) is 4.21. The van der Waals surface area contributed by atoms with Crippen LogP contribution in [0.25, 0.3) is 0 Å². The van der Waals surface area contributed by atoms with Gasteiger partial charge < -0.3 is 10.0 Å². The average Bonchev–Trinajstić information content (AvgIpc) is 2.60. The summed E-state index contributed by atoms with van der Waals surface area (Å²) in [6, 6.07) is 2.28. The van der Waals surface area contributed by atoms with Gasteiger partial charge in [-0.2, -0.15) is 0 Å². The van der Waals surface area contributed by atoms with Crippen LogP contribution >= 0.6 is 0 Å². The van der Waals surface area contributed by atoms with Crippen LogP contribution in [0.4, 0.5) is 13.2 Å². The molecule has 2 heterocycles. The second-order valence-corrected chi connectivity index (χ2v) is 5.74. The van der Waals surface area contributed by atoms with Gasteiger partial charge >= 0.3 is 0 Å². The fraction of sp³-hybridized carbons (Fsp3) is 0.571. The van der Waals surface area contributed by atoms with Crippen molar-refractivity contribution in [1.82, 2.24) is 4.90 Å². The van der Waals surface area contributed by atoms with E-state index in [1.54, 1.807) is 0 Å². The molecule has 2 aliphatic heterocycles. The Bertz CT molecular complexity index is 482.